The van der Waals surface area contributed by atoms with Crippen LogP contribution in [0.5, 0.6) is 0 Å². The van der Waals surface area contributed by atoms with E-state index < -0.39 is 0 Å². The number of halogens is 1. The molecular formula is C11H12ClNO. The van der Waals surface area contributed by atoms with Crippen molar-refractivity contribution < 1.29 is 4.79 Å². The van der Waals surface area contributed by atoms with E-state index in [0.717, 1.165) is 5.56 Å². The maximum Gasteiger partial charge on any atom is 0.252 e. The number of hydrogen-bond donors (Lipinski definition) is 1. The molecule has 3 heteroatoms. The molecule has 2 nitrogen and oxygen atoms in total. The monoisotopic (exact) mass is 209 g/mol. The van der Waals surface area contributed by atoms with Crippen LogP contribution >= 0.6 is 11.6 Å². The van der Waals surface area contributed by atoms with Crippen LogP contribution in [0.4, 0.5) is 0 Å². The molecule has 0 spiro atoms. The van der Waals surface area contributed by atoms with Crippen molar-refractivity contribution in [1.29, 1.82) is 0 Å². The highest BCUT2D eigenvalue weighted by molar-refractivity contribution is 6.34. The Hall–Kier alpha value is -1.02. The summed E-state index contributed by atoms with van der Waals surface area (Å²) in [5.41, 5.74) is 1.75. The van der Waals surface area contributed by atoms with E-state index in [1.807, 2.05) is 12.1 Å². The standard InChI is InChI=1S/C11H12ClNO/c1-13-11(14)10-8(7-5-6-7)3-2-4-9(10)12/h2-4,7H,5-6H2,1H3,(H,13,14). The first-order valence-corrected chi connectivity index (χ1v) is 5.12. The third-order valence-electron chi connectivity index (χ3n) is 2.52. The smallest absolute Gasteiger partial charge is 0.252 e. The Kier molecular flexibility index (Phi) is 2.46. The minimum absolute atomic E-state index is 0.0856. The lowest BCUT2D eigenvalue weighted by molar-refractivity contribution is 0.0962. The van der Waals surface area contributed by atoms with Crippen LogP contribution in [0.3, 0.4) is 0 Å². The maximum atomic E-state index is 11.6. The van der Waals surface area contributed by atoms with Crippen LogP contribution in [0.2, 0.25) is 5.02 Å². The molecule has 74 valence electrons. The summed E-state index contributed by atoms with van der Waals surface area (Å²) < 4.78 is 0. The number of benzene rings is 1. The summed E-state index contributed by atoms with van der Waals surface area (Å²) in [6, 6.07) is 5.66. The number of hydrogen-bond acceptors (Lipinski definition) is 1. The Morgan fingerprint density at radius 2 is 2.21 bits per heavy atom. The van der Waals surface area contributed by atoms with Gasteiger partial charge in [-0.05, 0) is 30.4 Å². The molecule has 0 atom stereocenters. The lowest BCUT2D eigenvalue weighted by atomic mass is 10.0. The van der Waals surface area contributed by atoms with E-state index in [2.05, 4.69) is 5.32 Å². The van der Waals surface area contributed by atoms with Crippen LogP contribution in [0.1, 0.15) is 34.7 Å². The lowest BCUT2D eigenvalue weighted by Crippen LogP contribution is -2.19. The molecule has 0 unspecified atom stereocenters. The van der Waals surface area contributed by atoms with Crippen molar-refractivity contribution in [2.45, 2.75) is 18.8 Å². The first-order chi connectivity index (χ1) is 6.74. The SMILES string of the molecule is CNC(=O)c1c(Cl)cccc1C1CC1. The van der Waals surface area contributed by atoms with Gasteiger partial charge in [0.1, 0.15) is 0 Å². The molecule has 1 aliphatic rings. The fourth-order valence-electron chi connectivity index (χ4n) is 1.64. The van der Waals surface area contributed by atoms with Crippen molar-refractivity contribution in [2.24, 2.45) is 0 Å². The molecule has 1 fully saturated rings. The van der Waals surface area contributed by atoms with Gasteiger partial charge in [0.05, 0.1) is 10.6 Å². The van der Waals surface area contributed by atoms with Gasteiger partial charge < -0.3 is 5.32 Å². The molecule has 1 N–H and O–H groups in total. The number of nitrogens with one attached hydrogen (secondary N) is 1. The highest BCUT2D eigenvalue weighted by Crippen LogP contribution is 2.42. The second-order valence-corrected chi connectivity index (χ2v) is 3.96. The predicted molar refractivity (Wildman–Crippen MR) is 56.8 cm³/mol. The van der Waals surface area contributed by atoms with Gasteiger partial charge in [-0.1, -0.05) is 23.7 Å². The van der Waals surface area contributed by atoms with Crippen LogP contribution in [0.25, 0.3) is 0 Å². The highest BCUT2D eigenvalue weighted by atomic mass is 35.5. The minimum Gasteiger partial charge on any atom is -0.355 e. The summed E-state index contributed by atoms with van der Waals surface area (Å²) in [4.78, 5) is 11.6. The van der Waals surface area contributed by atoms with Gasteiger partial charge in [0, 0.05) is 7.05 Å². The van der Waals surface area contributed by atoms with E-state index in [-0.39, 0.29) is 5.91 Å². The van der Waals surface area contributed by atoms with E-state index in [0.29, 0.717) is 16.5 Å². The maximum absolute atomic E-state index is 11.6. The topological polar surface area (TPSA) is 29.1 Å². The zero-order chi connectivity index (χ0) is 10.1. The lowest BCUT2D eigenvalue weighted by Gasteiger charge is -2.08. The van der Waals surface area contributed by atoms with Crippen molar-refractivity contribution in [3.8, 4) is 0 Å². The van der Waals surface area contributed by atoms with Crippen molar-refractivity contribution in [1.82, 2.24) is 5.32 Å². The first kappa shape index (κ1) is 9.53. The van der Waals surface area contributed by atoms with Gasteiger partial charge in [0.2, 0.25) is 0 Å². The van der Waals surface area contributed by atoms with Crippen molar-refractivity contribution >= 4 is 17.5 Å². The van der Waals surface area contributed by atoms with E-state index in [9.17, 15) is 4.79 Å². The summed E-state index contributed by atoms with van der Waals surface area (Å²) >= 11 is 6.01. The fourth-order valence-corrected chi connectivity index (χ4v) is 1.91. The predicted octanol–water partition coefficient (Wildman–Crippen LogP) is 2.58. The average molecular weight is 210 g/mol. The Morgan fingerprint density at radius 1 is 1.50 bits per heavy atom. The van der Waals surface area contributed by atoms with Gasteiger partial charge in [-0.3, -0.25) is 4.79 Å². The molecule has 0 radical (unpaired) electrons. The van der Waals surface area contributed by atoms with Gasteiger partial charge in [-0.25, -0.2) is 0 Å². The Balaban J connectivity index is 2.47. The van der Waals surface area contributed by atoms with E-state index in [1.54, 1.807) is 13.1 Å². The second kappa shape index (κ2) is 3.62. The summed E-state index contributed by atoms with van der Waals surface area (Å²) in [5.74, 6) is 0.457. The van der Waals surface area contributed by atoms with E-state index in [1.165, 1.54) is 12.8 Å². The minimum atomic E-state index is -0.0856. The fraction of sp³-hybridized carbons (Fsp3) is 0.364. The van der Waals surface area contributed by atoms with Crippen LogP contribution in [0.15, 0.2) is 18.2 Å². The highest BCUT2D eigenvalue weighted by Gasteiger charge is 2.28. The van der Waals surface area contributed by atoms with Crippen LogP contribution < -0.4 is 5.32 Å². The first-order valence-electron chi connectivity index (χ1n) is 4.74. The van der Waals surface area contributed by atoms with Crippen molar-refractivity contribution in [3.63, 3.8) is 0 Å². The third-order valence-corrected chi connectivity index (χ3v) is 2.83. The van der Waals surface area contributed by atoms with Gasteiger partial charge in [-0.2, -0.15) is 0 Å². The second-order valence-electron chi connectivity index (χ2n) is 3.56. The molecule has 1 saturated carbocycles. The molecule has 1 aliphatic carbocycles. The molecule has 0 heterocycles. The summed E-state index contributed by atoms with van der Waals surface area (Å²) in [7, 11) is 1.63. The largest absolute Gasteiger partial charge is 0.355 e. The third kappa shape index (κ3) is 1.62. The van der Waals surface area contributed by atoms with Gasteiger partial charge in [0.25, 0.3) is 5.91 Å². The van der Waals surface area contributed by atoms with Gasteiger partial charge in [0.15, 0.2) is 0 Å². The van der Waals surface area contributed by atoms with E-state index in [4.69, 9.17) is 11.6 Å². The average Bonchev–Trinajstić information content (AvgIpc) is 2.99. The molecule has 2 rings (SSSR count). The number of rotatable bonds is 2. The zero-order valence-corrected chi connectivity index (χ0v) is 8.77. The Morgan fingerprint density at radius 3 is 2.79 bits per heavy atom. The molecule has 1 aromatic carbocycles. The molecule has 0 bridgehead atoms. The molecule has 0 aromatic heterocycles. The van der Waals surface area contributed by atoms with Crippen LogP contribution in [-0.4, -0.2) is 13.0 Å². The summed E-state index contributed by atoms with van der Waals surface area (Å²) in [6.07, 6.45) is 2.34. The van der Waals surface area contributed by atoms with Crippen LogP contribution in [0, 0.1) is 0 Å². The van der Waals surface area contributed by atoms with Crippen LogP contribution in [-0.2, 0) is 0 Å². The van der Waals surface area contributed by atoms with Gasteiger partial charge in [-0.15, -0.1) is 0 Å². The Bertz CT molecular complexity index is 372. The summed E-state index contributed by atoms with van der Waals surface area (Å²) in [5, 5.41) is 3.17. The molecule has 1 amide bonds. The number of carbonyl (C=O) groups excluding carboxylic acids is 1. The normalized spacial score (nSPS) is 15.3. The summed E-state index contributed by atoms with van der Waals surface area (Å²) in [6.45, 7) is 0. The zero-order valence-electron chi connectivity index (χ0n) is 8.01. The molecule has 0 aliphatic heterocycles. The Labute approximate surface area is 88.3 Å². The molecular weight excluding hydrogens is 198 g/mol. The number of carbonyl (C=O) groups is 1. The van der Waals surface area contributed by atoms with Crippen molar-refractivity contribution in [3.05, 3.63) is 34.3 Å². The van der Waals surface area contributed by atoms with Gasteiger partial charge >= 0.3 is 0 Å². The number of amides is 1. The van der Waals surface area contributed by atoms with Crippen molar-refractivity contribution in [2.75, 3.05) is 7.05 Å². The quantitative estimate of drug-likeness (QED) is 0.797. The molecule has 0 saturated heterocycles. The molecule has 1 aromatic rings. The van der Waals surface area contributed by atoms with E-state index >= 15 is 0 Å². The molecule has 14 heavy (non-hydrogen) atoms.